The van der Waals surface area contributed by atoms with Gasteiger partial charge in [-0.05, 0) is 25.0 Å². The second kappa shape index (κ2) is 8.04. The van der Waals surface area contributed by atoms with Crippen LogP contribution in [0.5, 0.6) is 0 Å². The Hall–Kier alpha value is -2.48. The van der Waals surface area contributed by atoms with E-state index in [4.69, 9.17) is 10.1 Å². The van der Waals surface area contributed by atoms with Crippen LogP contribution in [0.3, 0.4) is 0 Å². The summed E-state index contributed by atoms with van der Waals surface area (Å²) >= 11 is 0. The molecule has 0 unspecified atom stereocenters. The molecule has 6 nitrogen and oxygen atoms in total. The third-order valence-electron chi connectivity index (χ3n) is 4.82. The number of halogens is 2. The summed E-state index contributed by atoms with van der Waals surface area (Å²) in [5.41, 5.74) is 0.406. The highest BCUT2D eigenvalue weighted by Gasteiger charge is 2.39. The lowest BCUT2D eigenvalue weighted by atomic mass is 10.2. The Kier molecular flexibility index (Phi) is 5.74. The van der Waals surface area contributed by atoms with Gasteiger partial charge in [-0.15, -0.1) is 0 Å². The number of amides is 1. The molecule has 0 aromatic heterocycles. The number of rotatable bonds is 7. The second-order valence-corrected chi connectivity index (χ2v) is 7.31. The molecule has 3 rings (SSSR count). The number of carbonyl (C=O) groups is 1. The van der Waals surface area contributed by atoms with Gasteiger partial charge in [-0.25, -0.2) is 8.78 Å². The van der Waals surface area contributed by atoms with Gasteiger partial charge < -0.3 is 25.7 Å². The molecule has 2 aliphatic rings. The number of carbonyl (C=O) groups excluding carboxylic acids is 1. The number of nitrogens with one attached hydrogen (secondary N) is 3. The summed E-state index contributed by atoms with van der Waals surface area (Å²) in [5, 5.41) is 13.5. The largest absolute Gasteiger partial charge is 0.486 e. The Morgan fingerprint density at radius 3 is 2.48 bits per heavy atom. The molecule has 1 aliphatic heterocycles. The first kappa shape index (κ1) is 19.3. The third-order valence-corrected chi connectivity index (χ3v) is 4.82. The molecule has 0 spiro atoms. The number of allylic oxidation sites excluding steroid dienone is 1. The van der Waals surface area contributed by atoms with E-state index < -0.39 is 17.5 Å². The summed E-state index contributed by atoms with van der Waals surface area (Å²) in [6.45, 7) is 5.17. The summed E-state index contributed by atoms with van der Waals surface area (Å²) in [7, 11) is 0. The molecule has 0 bridgehead atoms. The minimum atomic E-state index is -0.781. The topological polar surface area (TPSA) is 77.5 Å². The zero-order valence-electron chi connectivity index (χ0n) is 15.3. The van der Waals surface area contributed by atoms with E-state index in [-0.39, 0.29) is 16.9 Å². The molecule has 8 heteroatoms. The number of hydrogen-bond donors (Lipinski definition) is 3. The summed E-state index contributed by atoms with van der Waals surface area (Å²) < 4.78 is 32.7. The Morgan fingerprint density at radius 1 is 1.30 bits per heavy atom. The van der Waals surface area contributed by atoms with Gasteiger partial charge in [-0.1, -0.05) is 6.92 Å². The molecule has 1 heterocycles. The molecule has 3 N–H and O–H groups in total. The van der Waals surface area contributed by atoms with E-state index in [0.29, 0.717) is 25.4 Å². The molecule has 146 valence electrons. The SMILES string of the molecule is CC1(COC(C(=O)Nc2cc(F)cc(F)c2)=C(C=N)N2CCNCC2)CC1. The van der Waals surface area contributed by atoms with Crippen molar-refractivity contribution in [1.82, 2.24) is 10.2 Å². The maximum atomic E-state index is 13.4. The van der Waals surface area contributed by atoms with Gasteiger partial charge >= 0.3 is 0 Å². The number of piperazine rings is 1. The third kappa shape index (κ3) is 5.03. The van der Waals surface area contributed by atoms with Gasteiger partial charge in [0.15, 0.2) is 0 Å². The van der Waals surface area contributed by atoms with Gasteiger partial charge in [0.05, 0.1) is 6.61 Å². The van der Waals surface area contributed by atoms with Crippen molar-refractivity contribution < 1.29 is 18.3 Å². The molecule has 1 amide bonds. The van der Waals surface area contributed by atoms with Crippen LogP contribution in [0, 0.1) is 22.5 Å². The van der Waals surface area contributed by atoms with Crippen LogP contribution in [-0.2, 0) is 9.53 Å². The lowest BCUT2D eigenvalue weighted by Crippen LogP contribution is -2.44. The summed E-state index contributed by atoms with van der Waals surface area (Å²) in [6.07, 6.45) is 3.14. The van der Waals surface area contributed by atoms with Crippen LogP contribution in [0.2, 0.25) is 0 Å². The number of hydrogen-bond acceptors (Lipinski definition) is 5. The van der Waals surface area contributed by atoms with E-state index in [1.807, 2.05) is 4.90 Å². The Bertz CT molecular complexity index is 736. The van der Waals surface area contributed by atoms with Crippen molar-refractivity contribution in [3.63, 3.8) is 0 Å². The highest BCUT2D eigenvalue weighted by molar-refractivity contribution is 6.05. The van der Waals surface area contributed by atoms with Crippen LogP contribution >= 0.6 is 0 Å². The number of anilines is 1. The van der Waals surface area contributed by atoms with E-state index in [0.717, 1.165) is 50.3 Å². The lowest BCUT2D eigenvalue weighted by Gasteiger charge is -2.31. The van der Waals surface area contributed by atoms with Crippen LogP contribution in [0.1, 0.15) is 19.8 Å². The van der Waals surface area contributed by atoms with Crippen molar-refractivity contribution in [3.8, 4) is 0 Å². The van der Waals surface area contributed by atoms with Gasteiger partial charge in [0.1, 0.15) is 17.3 Å². The molecule has 1 saturated heterocycles. The monoisotopic (exact) mass is 378 g/mol. The number of nitrogens with zero attached hydrogens (tertiary/aromatic N) is 1. The summed E-state index contributed by atoms with van der Waals surface area (Å²) in [4.78, 5) is 14.7. The van der Waals surface area contributed by atoms with Crippen molar-refractivity contribution in [3.05, 3.63) is 41.3 Å². The molecular weight excluding hydrogens is 354 g/mol. The van der Waals surface area contributed by atoms with Crippen molar-refractivity contribution in [2.24, 2.45) is 5.41 Å². The normalized spacial score (nSPS) is 19.1. The van der Waals surface area contributed by atoms with E-state index in [9.17, 15) is 13.6 Å². The van der Waals surface area contributed by atoms with E-state index in [2.05, 4.69) is 17.6 Å². The fourth-order valence-corrected chi connectivity index (χ4v) is 2.88. The van der Waals surface area contributed by atoms with Crippen molar-refractivity contribution >= 4 is 17.8 Å². The van der Waals surface area contributed by atoms with Gasteiger partial charge in [0.2, 0.25) is 5.76 Å². The number of benzene rings is 1. The van der Waals surface area contributed by atoms with Crippen LogP contribution in [0.15, 0.2) is 29.7 Å². The first-order chi connectivity index (χ1) is 12.9. The van der Waals surface area contributed by atoms with Crippen LogP contribution < -0.4 is 10.6 Å². The predicted octanol–water partition coefficient (Wildman–Crippen LogP) is 2.49. The zero-order chi connectivity index (χ0) is 19.4. The molecule has 27 heavy (non-hydrogen) atoms. The molecule has 1 aromatic carbocycles. The van der Waals surface area contributed by atoms with Crippen LogP contribution in [0.4, 0.5) is 14.5 Å². The average molecular weight is 378 g/mol. The first-order valence-corrected chi connectivity index (χ1v) is 9.01. The maximum absolute atomic E-state index is 13.4. The van der Waals surface area contributed by atoms with Crippen molar-refractivity contribution in [2.75, 3.05) is 38.1 Å². The average Bonchev–Trinajstić information content (AvgIpc) is 3.36. The van der Waals surface area contributed by atoms with Crippen LogP contribution in [0.25, 0.3) is 0 Å². The molecule has 1 saturated carbocycles. The minimum absolute atomic E-state index is 0.000810. The molecular formula is C19H24F2N4O2. The van der Waals surface area contributed by atoms with Crippen LogP contribution in [-0.4, -0.2) is 49.8 Å². The van der Waals surface area contributed by atoms with E-state index in [1.54, 1.807) is 0 Å². The first-order valence-electron chi connectivity index (χ1n) is 9.01. The Morgan fingerprint density at radius 2 is 1.93 bits per heavy atom. The fourth-order valence-electron chi connectivity index (χ4n) is 2.88. The maximum Gasteiger partial charge on any atom is 0.293 e. The van der Waals surface area contributed by atoms with Gasteiger partial charge in [-0.3, -0.25) is 4.79 Å². The van der Waals surface area contributed by atoms with Gasteiger partial charge in [-0.2, -0.15) is 0 Å². The highest BCUT2D eigenvalue weighted by Crippen LogP contribution is 2.45. The zero-order valence-corrected chi connectivity index (χ0v) is 15.3. The number of ether oxygens (including phenoxy) is 1. The second-order valence-electron chi connectivity index (χ2n) is 7.31. The van der Waals surface area contributed by atoms with Crippen molar-refractivity contribution in [2.45, 2.75) is 19.8 Å². The molecule has 0 atom stereocenters. The minimum Gasteiger partial charge on any atom is -0.486 e. The lowest BCUT2D eigenvalue weighted by molar-refractivity contribution is -0.116. The standard InChI is InChI=1S/C19H24F2N4O2/c1-19(2-3-19)12-27-17(16(11-22)25-6-4-23-5-7-25)18(26)24-15-9-13(20)8-14(21)10-15/h8-11,22-23H,2-7,12H2,1H3,(H,24,26). The summed E-state index contributed by atoms with van der Waals surface area (Å²) in [5.74, 6) is -2.18. The summed E-state index contributed by atoms with van der Waals surface area (Å²) in [6, 6.07) is 2.81. The quantitative estimate of drug-likeness (QED) is 0.387. The highest BCUT2D eigenvalue weighted by atomic mass is 19.1. The predicted molar refractivity (Wildman–Crippen MR) is 98.5 cm³/mol. The van der Waals surface area contributed by atoms with Gasteiger partial charge in [0, 0.05) is 49.6 Å². The van der Waals surface area contributed by atoms with Crippen molar-refractivity contribution in [1.29, 1.82) is 5.41 Å². The van der Waals surface area contributed by atoms with E-state index in [1.165, 1.54) is 0 Å². The Balaban J connectivity index is 1.85. The van der Waals surface area contributed by atoms with E-state index >= 15 is 0 Å². The fraction of sp³-hybridized carbons (Fsp3) is 0.474. The molecule has 1 aliphatic carbocycles. The smallest absolute Gasteiger partial charge is 0.293 e. The van der Waals surface area contributed by atoms with Gasteiger partial charge in [0.25, 0.3) is 5.91 Å². The molecule has 2 fully saturated rings. The molecule has 1 aromatic rings. The Labute approximate surface area is 157 Å². The molecule has 0 radical (unpaired) electrons.